The number of pyridine rings is 2. The number of hydrogen-bond acceptors (Lipinski definition) is 21. The molecule has 0 spiro atoms. The van der Waals surface area contributed by atoms with Crippen LogP contribution >= 0.6 is 0 Å². The fraction of sp³-hybridized carbons (Fsp3) is 0.500. The van der Waals surface area contributed by atoms with Gasteiger partial charge < -0.3 is 53.0 Å². The van der Waals surface area contributed by atoms with Gasteiger partial charge in [-0.1, -0.05) is 88.4 Å². The number of hydrazine groups is 2. The van der Waals surface area contributed by atoms with Crippen molar-refractivity contribution in [2.45, 2.75) is 233 Å². The summed E-state index contributed by atoms with van der Waals surface area (Å²) in [6.45, 7) is 36.4. The largest absolute Gasteiger partial charge is 0.460 e. The van der Waals surface area contributed by atoms with E-state index in [0.717, 1.165) is 182 Å². The number of aromatic nitrogens is 2. The maximum Gasteiger partial charge on any atom is 0.417 e. The Balaban J connectivity index is 0.000000208. The third kappa shape index (κ3) is 27.4. The Bertz CT molecular complexity index is 4850. The molecule has 0 bridgehead atoms. The number of benzene rings is 5. The van der Waals surface area contributed by atoms with Gasteiger partial charge in [-0.25, -0.2) is 28.4 Å². The molecule has 0 saturated carbocycles. The fourth-order valence-corrected chi connectivity index (χ4v) is 16.2. The van der Waals surface area contributed by atoms with Crippen molar-refractivity contribution in [2.24, 2.45) is 5.84 Å². The Morgan fingerprint density at radius 3 is 1.39 bits per heavy atom. The van der Waals surface area contributed by atoms with Gasteiger partial charge in [0.25, 0.3) is 5.69 Å². The lowest BCUT2D eigenvalue weighted by Gasteiger charge is -2.40. The van der Waals surface area contributed by atoms with Crippen molar-refractivity contribution in [3.05, 3.63) is 188 Å². The molecule has 5 N–H and O–H groups in total. The van der Waals surface area contributed by atoms with Gasteiger partial charge in [-0.2, -0.15) is 0 Å². The van der Waals surface area contributed by atoms with Crippen LogP contribution in [0.2, 0.25) is 0 Å². The number of carbonyl (C=O) groups is 4. The first-order valence-electron chi connectivity index (χ1n) is 43.2. The molecule has 7 aliphatic rings. The van der Waals surface area contributed by atoms with E-state index >= 15 is 0 Å². The summed E-state index contributed by atoms with van der Waals surface area (Å²) in [4.78, 5) is 77.4. The molecule has 5 aromatic carbocycles. The molecule has 123 heavy (non-hydrogen) atoms. The third-order valence-electron chi connectivity index (χ3n) is 21.8. The predicted molar refractivity (Wildman–Crippen MR) is 476 cm³/mol. The number of carbonyl (C=O) groups excluding carboxylic acids is 4. The maximum atomic E-state index is 14.4. The van der Waals surface area contributed by atoms with Gasteiger partial charge in [-0.05, 0) is 252 Å². The number of amides is 3. The number of nitrogens with one attached hydrogen (secondary N) is 3. The number of likely N-dealkylation sites (N-methyl/N-ethyl adjacent to an activating group) is 2. The molecule has 0 unspecified atom stereocenters. The minimum absolute atomic E-state index is 0.0178. The molecule has 3 amide bonds. The highest BCUT2D eigenvalue weighted by Crippen LogP contribution is 2.46. The molecule has 14 rings (SSSR count). The number of nitrogens with zero attached hydrogens (tertiary/aromatic N) is 7. The van der Waals surface area contributed by atoms with Crippen LogP contribution in [0.25, 0.3) is 56.9 Å². The van der Waals surface area contributed by atoms with Crippen molar-refractivity contribution in [1.29, 1.82) is 0 Å². The van der Waals surface area contributed by atoms with Crippen LogP contribution in [0.4, 0.5) is 35.4 Å². The molecule has 5 fully saturated rings. The summed E-state index contributed by atoms with van der Waals surface area (Å²) in [6, 6.07) is 29.9. The number of anilines is 2. The molecule has 2 aliphatic carbocycles. The SMILES string of the molecule is C1CCOC1.CC(C)c1nc2c(c(-c3ccc(F)cc3)c1/C=C/[C@@H]1C[C@H](CC(=O)OC(C)(C)C)OC(C)(C)O1)CCCc1ccc(NC(=O)NN3CCN(C)CC3)cc1-2.CC(C)c1nc2c(c(-c3ccc(F)cc3)c1/C=C/[C@@H]1C[C@H](CC(=O)OC(C)(C)C)OC(C)(C)O1)CCCc1ccc(NC(=O)Oc3ccc([N+](=O)[O-])cc3)cc1-2.CN1CCN(N)CC1. The summed E-state index contributed by atoms with van der Waals surface area (Å²) in [5.41, 5.74) is 18.0. The molecule has 5 saturated heterocycles. The second-order valence-corrected chi connectivity index (χ2v) is 36.1. The van der Waals surface area contributed by atoms with Crippen molar-refractivity contribution in [2.75, 3.05) is 90.3 Å². The number of ether oxygens (including phenoxy) is 8. The van der Waals surface area contributed by atoms with E-state index in [4.69, 9.17) is 53.7 Å². The zero-order valence-electron chi connectivity index (χ0n) is 74.4. The van der Waals surface area contributed by atoms with E-state index in [1.807, 2.05) is 140 Å². The van der Waals surface area contributed by atoms with Gasteiger partial charge in [0.15, 0.2) is 11.6 Å². The van der Waals surface area contributed by atoms with Crippen molar-refractivity contribution in [3.8, 4) is 50.5 Å². The molecule has 7 aromatic rings. The highest BCUT2D eigenvalue weighted by atomic mass is 19.1. The number of esters is 2. The van der Waals surface area contributed by atoms with Gasteiger partial charge in [0.2, 0.25) is 0 Å². The van der Waals surface area contributed by atoms with E-state index in [0.29, 0.717) is 30.6 Å². The number of nitro benzene ring substituents is 1. The van der Waals surface area contributed by atoms with Crippen LogP contribution in [-0.4, -0.2) is 186 Å². The van der Waals surface area contributed by atoms with Crippen molar-refractivity contribution in [3.63, 3.8) is 0 Å². The van der Waals surface area contributed by atoms with Gasteiger partial charge in [0, 0.05) is 124 Å². The van der Waals surface area contributed by atoms with E-state index in [2.05, 4.69) is 79.8 Å². The monoisotopic (exact) mass is 1690 g/mol. The number of fused-ring (bicyclic) bond motifs is 6. The number of piperazine rings is 2. The first-order chi connectivity index (χ1) is 58.3. The molecular weight excluding hydrogens is 1570 g/mol. The molecule has 5 aliphatic heterocycles. The minimum Gasteiger partial charge on any atom is -0.460 e. The van der Waals surface area contributed by atoms with Gasteiger partial charge in [-0.3, -0.25) is 46.3 Å². The number of halogens is 2. The number of aryl methyl sites for hydroxylation is 2. The molecule has 0 radical (unpaired) electrons. The average molecular weight is 1700 g/mol. The maximum absolute atomic E-state index is 14.4. The zero-order valence-corrected chi connectivity index (χ0v) is 74.4. The van der Waals surface area contributed by atoms with Crippen LogP contribution < -0.4 is 26.6 Å². The van der Waals surface area contributed by atoms with Gasteiger partial charge in [0.05, 0.1) is 65.0 Å². The Hall–Kier alpha value is -9.78. The quantitative estimate of drug-likeness (QED) is 0.0285. The van der Waals surface area contributed by atoms with Crippen molar-refractivity contribution < 1.29 is 70.8 Å². The first-order valence-corrected chi connectivity index (χ1v) is 43.2. The summed E-state index contributed by atoms with van der Waals surface area (Å²) >= 11 is 0. The second-order valence-electron chi connectivity index (χ2n) is 36.1. The number of urea groups is 1. The summed E-state index contributed by atoms with van der Waals surface area (Å²) in [5.74, 6) is 2.55. The average Bonchev–Trinajstić information content (AvgIpc) is 1.58. The normalized spacial score (nSPS) is 19.8. The van der Waals surface area contributed by atoms with Crippen LogP contribution in [0.3, 0.4) is 0 Å². The Labute approximate surface area is 723 Å². The lowest BCUT2D eigenvalue weighted by Crippen LogP contribution is -2.53. The van der Waals surface area contributed by atoms with Gasteiger partial charge in [0.1, 0.15) is 28.6 Å². The number of rotatable bonds is 17. The van der Waals surface area contributed by atoms with E-state index in [1.165, 1.54) is 66.9 Å². The predicted octanol–water partition coefficient (Wildman–Crippen LogP) is 18.4. The smallest absolute Gasteiger partial charge is 0.417 e. The van der Waals surface area contributed by atoms with Gasteiger partial charge in [-0.15, -0.1) is 0 Å². The minimum atomic E-state index is -0.948. The molecular formula is C96H125F2N11O14. The molecule has 2 aromatic heterocycles. The number of non-ortho nitro benzene ring substituents is 1. The van der Waals surface area contributed by atoms with Crippen LogP contribution in [0.1, 0.15) is 205 Å². The van der Waals surface area contributed by atoms with Gasteiger partial charge >= 0.3 is 24.1 Å². The molecule has 27 heteroatoms. The number of nitro groups is 1. The van der Waals surface area contributed by atoms with E-state index in [-0.39, 0.29) is 84.0 Å². The standard InChI is InChI=1S/C44H48FN3O8.C43H56FN5O5.C5H13N3.C4H8O/c1-26(2)40-36(22-21-33-24-34(55-44(6,7)54-33)25-38(49)56-43(3,4)5)39(28-11-14-29(45)15-12-28)35-10-8-9-27-13-16-30(23-37(27)41(35)47-40)46-42(50)53-32-19-17-31(18-20-32)48(51)52;1-27(2)39-35(19-18-32-25-33(53-43(6,7)52-32)26-37(50)54-42(3,4)5)38(29-12-15-30(44)16-13-29)34-11-9-10-28-14-17-31(24-36(28)40(34)46-39)45-41(51)47-49-22-20-48(8)21-23-49;1-7-2-4-8(6)5-3-7;1-2-4-5-3-1/h11-23,26,33-34H,8-10,24-25H2,1-7H3,(H,46,50);12-19,24,27,32-33H,9-11,20-23,25-26H2,1-8H3,(H2,45,47,51);2-6H2,1H3;1-4H2/b22-21+;19-18+;;/t33-,34-;32-,33-;;/m11../s1. The van der Waals surface area contributed by atoms with E-state index in [9.17, 15) is 38.1 Å². The van der Waals surface area contributed by atoms with Crippen molar-refractivity contribution in [1.82, 2.24) is 35.2 Å². The lowest BCUT2D eigenvalue weighted by atomic mass is 9.86. The summed E-state index contributed by atoms with van der Waals surface area (Å²) in [5, 5.41) is 20.7. The summed E-state index contributed by atoms with van der Waals surface area (Å²) in [7, 11) is 4.20. The third-order valence-corrected chi connectivity index (χ3v) is 21.8. The highest BCUT2D eigenvalue weighted by molar-refractivity contribution is 5.93. The van der Waals surface area contributed by atoms with Crippen LogP contribution in [0.15, 0.2) is 121 Å². The summed E-state index contributed by atoms with van der Waals surface area (Å²) in [6.07, 6.45) is 14.4. The lowest BCUT2D eigenvalue weighted by molar-refractivity contribution is -0.384. The van der Waals surface area contributed by atoms with Crippen LogP contribution in [0.5, 0.6) is 5.75 Å². The molecule has 25 nitrogen and oxygen atoms in total. The van der Waals surface area contributed by atoms with E-state index < -0.39 is 39.9 Å². The topological polar surface area (TPSA) is 286 Å². The molecule has 7 heterocycles. The number of hydrogen-bond donors (Lipinski definition) is 4. The first kappa shape index (κ1) is 93.9. The van der Waals surface area contributed by atoms with Crippen LogP contribution in [-0.2, 0) is 68.4 Å². The Kier molecular flexibility index (Phi) is 31.9. The van der Waals surface area contributed by atoms with E-state index in [1.54, 1.807) is 12.1 Å². The zero-order chi connectivity index (χ0) is 88.7. The number of nitrogens with two attached hydrogens (primary N) is 1. The molecule has 662 valence electrons. The second kappa shape index (κ2) is 41.8. The summed E-state index contributed by atoms with van der Waals surface area (Å²) < 4.78 is 75.3. The highest BCUT2D eigenvalue weighted by Gasteiger charge is 2.39. The molecule has 4 atom stereocenters. The Morgan fingerprint density at radius 2 is 1.00 bits per heavy atom. The Morgan fingerprint density at radius 1 is 0.577 bits per heavy atom. The fourth-order valence-electron chi connectivity index (χ4n) is 16.2. The van der Waals surface area contributed by atoms with Crippen molar-refractivity contribution >= 4 is 53.3 Å². The van der Waals surface area contributed by atoms with Crippen LogP contribution in [0, 0.1) is 21.7 Å².